The minimum Gasteiger partial charge on any atom is -0.496 e. The highest BCUT2D eigenvalue weighted by atomic mass is 32.1. The van der Waals surface area contributed by atoms with Crippen molar-refractivity contribution in [2.45, 2.75) is 13.0 Å². The van der Waals surface area contributed by atoms with Gasteiger partial charge in [-0.2, -0.15) is 0 Å². The molecule has 0 fully saturated rings. The Balaban J connectivity index is 2.47. The summed E-state index contributed by atoms with van der Waals surface area (Å²) in [6.45, 7) is 1.91. The Morgan fingerprint density at radius 1 is 1.50 bits per heavy atom. The molecule has 0 aliphatic carbocycles. The SMILES string of the molecule is COc1ccc(F)cc1C(NN)c1csc(C)n1. The van der Waals surface area contributed by atoms with Gasteiger partial charge < -0.3 is 4.74 Å². The number of benzene rings is 1. The first kappa shape index (κ1) is 12.9. The van der Waals surface area contributed by atoms with Crippen LogP contribution in [0.3, 0.4) is 0 Å². The molecule has 18 heavy (non-hydrogen) atoms. The first-order valence-corrected chi connectivity index (χ1v) is 6.25. The van der Waals surface area contributed by atoms with Crippen molar-refractivity contribution in [2.75, 3.05) is 7.11 Å². The maximum Gasteiger partial charge on any atom is 0.124 e. The number of nitrogens with zero attached hydrogens (tertiary/aromatic N) is 1. The number of nitrogens with one attached hydrogen (secondary N) is 1. The lowest BCUT2D eigenvalue weighted by atomic mass is 10.0. The van der Waals surface area contributed by atoms with Crippen molar-refractivity contribution in [1.82, 2.24) is 10.4 Å². The molecule has 0 saturated heterocycles. The molecule has 1 heterocycles. The number of hydrogen-bond acceptors (Lipinski definition) is 5. The molecule has 0 aliphatic rings. The highest BCUT2D eigenvalue weighted by Gasteiger charge is 2.20. The number of aryl methyl sites for hydroxylation is 1. The number of hydrazine groups is 1. The van der Waals surface area contributed by atoms with Crippen LogP contribution in [0.25, 0.3) is 0 Å². The van der Waals surface area contributed by atoms with E-state index in [0.717, 1.165) is 10.7 Å². The molecule has 6 heteroatoms. The van der Waals surface area contributed by atoms with Gasteiger partial charge >= 0.3 is 0 Å². The topological polar surface area (TPSA) is 60.2 Å². The summed E-state index contributed by atoms with van der Waals surface area (Å²) in [5, 5.41) is 2.82. The molecule has 2 aromatic rings. The van der Waals surface area contributed by atoms with Gasteiger partial charge in [-0.1, -0.05) is 0 Å². The van der Waals surface area contributed by atoms with Gasteiger partial charge in [-0.25, -0.2) is 14.8 Å². The monoisotopic (exact) mass is 267 g/mol. The molecule has 0 spiro atoms. The minimum atomic E-state index is -0.388. The second-order valence-corrected chi connectivity index (χ2v) is 4.84. The number of nitrogens with two attached hydrogens (primary N) is 1. The molecule has 96 valence electrons. The first-order valence-electron chi connectivity index (χ1n) is 5.37. The zero-order chi connectivity index (χ0) is 13.1. The average Bonchev–Trinajstić information content (AvgIpc) is 2.77. The Bertz CT molecular complexity index is 544. The lowest BCUT2D eigenvalue weighted by molar-refractivity contribution is 0.402. The van der Waals surface area contributed by atoms with Crippen LogP contribution < -0.4 is 16.0 Å². The summed E-state index contributed by atoms with van der Waals surface area (Å²) >= 11 is 1.52. The van der Waals surface area contributed by atoms with Gasteiger partial charge in [0.2, 0.25) is 0 Å². The van der Waals surface area contributed by atoms with Crippen LogP contribution in [-0.2, 0) is 0 Å². The molecule has 0 amide bonds. The van der Waals surface area contributed by atoms with Gasteiger partial charge in [-0.15, -0.1) is 11.3 Å². The Morgan fingerprint density at radius 3 is 2.83 bits per heavy atom. The van der Waals surface area contributed by atoms with E-state index in [2.05, 4.69) is 10.4 Å². The molecule has 3 N–H and O–H groups in total. The van der Waals surface area contributed by atoms with Crippen LogP contribution in [0.1, 0.15) is 22.3 Å². The summed E-state index contributed by atoms with van der Waals surface area (Å²) in [5.41, 5.74) is 4.03. The van der Waals surface area contributed by atoms with E-state index in [9.17, 15) is 4.39 Å². The van der Waals surface area contributed by atoms with Crippen LogP contribution >= 0.6 is 11.3 Å². The van der Waals surface area contributed by atoms with E-state index >= 15 is 0 Å². The quantitative estimate of drug-likeness (QED) is 0.658. The highest BCUT2D eigenvalue weighted by Crippen LogP contribution is 2.30. The fraction of sp³-hybridized carbons (Fsp3) is 0.250. The number of hydrogen-bond donors (Lipinski definition) is 2. The standard InChI is InChI=1S/C12H14FN3OS/c1-7-15-10(6-18-7)12(16-14)9-5-8(13)3-4-11(9)17-2/h3-6,12,16H,14H2,1-2H3. The summed E-state index contributed by atoms with van der Waals surface area (Å²) in [6, 6.07) is 3.94. The van der Waals surface area contributed by atoms with Gasteiger partial charge in [0.1, 0.15) is 11.6 Å². The van der Waals surface area contributed by atoms with E-state index in [1.807, 2.05) is 12.3 Å². The highest BCUT2D eigenvalue weighted by molar-refractivity contribution is 7.09. The molecule has 4 nitrogen and oxygen atoms in total. The molecule has 0 aliphatic heterocycles. The summed E-state index contributed by atoms with van der Waals surface area (Å²) in [6.07, 6.45) is 0. The molecule has 0 bridgehead atoms. The van der Waals surface area contributed by atoms with Crippen LogP contribution in [0.5, 0.6) is 5.75 Å². The summed E-state index contributed by atoms with van der Waals surface area (Å²) in [5.74, 6) is 5.80. The van der Waals surface area contributed by atoms with Crippen molar-refractivity contribution in [1.29, 1.82) is 0 Å². The summed E-state index contributed by atoms with van der Waals surface area (Å²) in [4.78, 5) is 4.36. The molecule has 1 atom stereocenters. The van der Waals surface area contributed by atoms with Crippen LogP contribution in [0.4, 0.5) is 4.39 Å². The Hall–Kier alpha value is -1.50. The third kappa shape index (κ3) is 2.50. The van der Waals surface area contributed by atoms with Crippen LogP contribution in [0.2, 0.25) is 0 Å². The smallest absolute Gasteiger partial charge is 0.124 e. The van der Waals surface area contributed by atoms with E-state index in [-0.39, 0.29) is 11.9 Å². The molecule has 0 saturated carbocycles. The number of aromatic nitrogens is 1. The largest absolute Gasteiger partial charge is 0.496 e. The van der Waals surface area contributed by atoms with Gasteiger partial charge in [-0.3, -0.25) is 5.84 Å². The van der Waals surface area contributed by atoms with Crippen LogP contribution in [0, 0.1) is 12.7 Å². The second-order valence-electron chi connectivity index (χ2n) is 3.78. The lowest BCUT2D eigenvalue weighted by Crippen LogP contribution is -2.29. The fourth-order valence-electron chi connectivity index (χ4n) is 1.78. The van der Waals surface area contributed by atoms with Gasteiger partial charge in [0, 0.05) is 10.9 Å². The first-order chi connectivity index (χ1) is 8.65. The normalized spacial score (nSPS) is 12.4. The molecule has 1 aromatic carbocycles. The van der Waals surface area contributed by atoms with Gasteiger partial charge in [0.15, 0.2) is 0 Å². The third-order valence-corrected chi connectivity index (χ3v) is 3.39. The van der Waals surface area contributed by atoms with Crippen molar-refractivity contribution < 1.29 is 9.13 Å². The third-order valence-electron chi connectivity index (χ3n) is 2.60. The Morgan fingerprint density at radius 2 is 2.28 bits per heavy atom. The van der Waals surface area contributed by atoms with Crippen molar-refractivity contribution >= 4 is 11.3 Å². The van der Waals surface area contributed by atoms with Crippen LogP contribution in [-0.4, -0.2) is 12.1 Å². The molecule has 1 unspecified atom stereocenters. The molecule has 2 rings (SSSR count). The maximum absolute atomic E-state index is 13.4. The van der Waals surface area contributed by atoms with Crippen molar-refractivity contribution in [3.8, 4) is 5.75 Å². The van der Waals surface area contributed by atoms with Crippen molar-refractivity contribution in [3.05, 3.63) is 45.7 Å². The summed E-state index contributed by atoms with van der Waals surface area (Å²) in [7, 11) is 1.54. The predicted molar refractivity (Wildman–Crippen MR) is 69.0 cm³/mol. The number of methoxy groups -OCH3 is 1. The van der Waals surface area contributed by atoms with Gasteiger partial charge in [-0.05, 0) is 25.1 Å². The number of halogens is 1. The zero-order valence-electron chi connectivity index (χ0n) is 10.1. The number of rotatable bonds is 4. The predicted octanol–water partition coefficient (Wildman–Crippen LogP) is 2.15. The molecular weight excluding hydrogens is 253 g/mol. The van der Waals surface area contributed by atoms with E-state index in [0.29, 0.717) is 11.3 Å². The van der Waals surface area contributed by atoms with E-state index in [4.69, 9.17) is 10.6 Å². The van der Waals surface area contributed by atoms with E-state index in [1.54, 1.807) is 6.07 Å². The molecular formula is C12H14FN3OS. The van der Waals surface area contributed by atoms with Gasteiger partial charge in [0.05, 0.1) is 23.9 Å². The lowest BCUT2D eigenvalue weighted by Gasteiger charge is -2.17. The molecule has 0 radical (unpaired) electrons. The number of thiazole rings is 1. The van der Waals surface area contributed by atoms with Crippen LogP contribution in [0.15, 0.2) is 23.6 Å². The van der Waals surface area contributed by atoms with Gasteiger partial charge in [0.25, 0.3) is 0 Å². The Labute approximate surface area is 109 Å². The zero-order valence-corrected chi connectivity index (χ0v) is 10.9. The van der Waals surface area contributed by atoms with Crippen molar-refractivity contribution in [3.63, 3.8) is 0 Å². The fourth-order valence-corrected chi connectivity index (χ4v) is 2.42. The Kier molecular flexibility index (Phi) is 3.90. The maximum atomic E-state index is 13.4. The van der Waals surface area contributed by atoms with Crippen molar-refractivity contribution in [2.24, 2.45) is 5.84 Å². The second kappa shape index (κ2) is 5.43. The average molecular weight is 267 g/mol. The van der Waals surface area contributed by atoms with E-state index in [1.165, 1.54) is 30.6 Å². The van der Waals surface area contributed by atoms with E-state index < -0.39 is 0 Å². The molecule has 1 aromatic heterocycles. The number of ether oxygens (including phenoxy) is 1. The minimum absolute atomic E-state index is 0.335. The summed E-state index contributed by atoms with van der Waals surface area (Å²) < 4.78 is 18.6.